The van der Waals surface area contributed by atoms with Crippen LogP contribution in [0.15, 0.2) is 48.6 Å². The van der Waals surface area contributed by atoms with Gasteiger partial charge in [-0.2, -0.15) is 5.26 Å². The van der Waals surface area contributed by atoms with E-state index in [1.807, 2.05) is 24.3 Å². The lowest BCUT2D eigenvalue weighted by atomic mass is 10.0. The highest BCUT2D eigenvalue weighted by molar-refractivity contribution is 6.04. The molecule has 126 valence electrons. The molecule has 2 aliphatic rings. The zero-order valence-electron chi connectivity index (χ0n) is 13.6. The molecule has 5 nitrogen and oxygen atoms in total. The maximum absolute atomic E-state index is 13.7. The van der Waals surface area contributed by atoms with Gasteiger partial charge < -0.3 is 4.90 Å². The molecule has 1 aromatic carbocycles. The minimum atomic E-state index is -0.613. The SMILES string of the molecule is N#CC1CN(C2C=C(F)CCC2)C(=O)N1c1cncc2ccccc12. The number of halogens is 1. The van der Waals surface area contributed by atoms with Crippen molar-refractivity contribution in [3.8, 4) is 6.07 Å². The van der Waals surface area contributed by atoms with Crippen molar-refractivity contribution in [3.05, 3.63) is 48.6 Å². The van der Waals surface area contributed by atoms with E-state index in [4.69, 9.17) is 0 Å². The number of rotatable bonds is 2. The number of anilines is 1. The Morgan fingerprint density at radius 1 is 1.28 bits per heavy atom. The van der Waals surface area contributed by atoms with E-state index in [1.54, 1.807) is 17.3 Å². The first-order valence-corrected chi connectivity index (χ1v) is 8.37. The number of aromatic nitrogens is 1. The Bertz CT molecular complexity index is 898. The van der Waals surface area contributed by atoms with Crippen molar-refractivity contribution in [1.29, 1.82) is 5.26 Å². The molecule has 1 aromatic heterocycles. The molecule has 1 aliphatic heterocycles. The smallest absolute Gasteiger partial charge is 0.315 e. The van der Waals surface area contributed by atoms with Crippen molar-refractivity contribution in [1.82, 2.24) is 9.88 Å². The van der Waals surface area contributed by atoms with E-state index in [2.05, 4.69) is 11.1 Å². The second kappa shape index (κ2) is 6.17. The van der Waals surface area contributed by atoms with Gasteiger partial charge in [-0.1, -0.05) is 24.3 Å². The molecular formula is C19H17FN4O. The van der Waals surface area contributed by atoms with E-state index in [9.17, 15) is 14.4 Å². The Kier molecular flexibility index (Phi) is 3.85. The van der Waals surface area contributed by atoms with Gasteiger partial charge in [-0.25, -0.2) is 9.18 Å². The number of hydrogen-bond donors (Lipinski definition) is 0. The fraction of sp³-hybridized carbons (Fsp3) is 0.316. The Balaban J connectivity index is 1.75. The Morgan fingerprint density at radius 2 is 2.12 bits per heavy atom. The lowest BCUT2D eigenvalue weighted by Gasteiger charge is -2.27. The predicted molar refractivity (Wildman–Crippen MR) is 92.6 cm³/mol. The first-order chi connectivity index (χ1) is 12.2. The summed E-state index contributed by atoms with van der Waals surface area (Å²) < 4.78 is 13.7. The van der Waals surface area contributed by atoms with Crippen molar-refractivity contribution in [3.63, 3.8) is 0 Å². The van der Waals surface area contributed by atoms with Gasteiger partial charge in [0.05, 0.1) is 36.4 Å². The van der Waals surface area contributed by atoms with Gasteiger partial charge >= 0.3 is 6.03 Å². The van der Waals surface area contributed by atoms with Crippen molar-refractivity contribution in [2.75, 3.05) is 11.4 Å². The molecule has 0 saturated carbocycles. The van der Waals surface area contributed by atoms with Crippen LogP contribution in [0.3, 0.4) is 0 Å². The summed E-state index contributed by atoms with van der Waals surface area (Å²) in [4.78, 5) is 20.4. The Labute approximate surface area is 145 Å². The van der Waals surface area contributed by atoms with Crippen LogP contribution in [-0.2, 0) is 0 Å². The van der Waals surface area contributed by atoms with Gasteiger partial charge in [0.1, 0.15) is 6.04 Å². The molecule has 2 heterocycles. The second-order valence-corrected chi connectivity index (χ2v) is 6.40. The number of fused-ring (bicyclic) bond motifs is 1. The molecular weight excluding hydrogens is 319 g/mol. The third-order valence-corrected chi connectivity index (χ3v) is 4.88. The summed E-state index contributed by atoms with van der Waals surface area (Å²) in [6, 6.07) is 8.68. The molecule has 4 rings (SSSR count). The van der Waals surface area contributed by atoms with Gasteiger partial charge in [0, 0.05) is 17.0 Å². The van der Waals surface area contributed by atoms with Crippen LogP contribution in [0.4, 0.5) is 14.9 Å². The summed E-state index contributed by atoms with van der Waals surface area (Å²) in [7, 11) is 0. The third kappa shape index (κ3) is 2.62. The molecule has 6 heteroatoms. The maximum Gasteiger partial charge on any atom is 0.326 e. The Hall–Kier alpha value is -2.94. The van der Waals surface area contributed by atoms with Crippen molar-refractivity contribution >= 4 is 22.5 Å². The van der Waals surface area contributed by atoms with E-state index < -0.39 is 6.04 Å². The number of carbonyl (C=O) groups excluding carboxylic acids is 1. The summed E-state index contributed by atoms with van der Waals surface area (Å²) in [5.74, 6) is -0.178. The normalized spacial score (nSPS) is 23.7. The standard InChI is InChI=1S/C19H17FN4O/c20-14-5-3-6-15(8-14)23-12-16(9-21)24(19(23)25)18-11-22-10-13-4-1-2-7-17(13)18/h1-2,4,7-8,10-11,15-16H,3,5-6,12H2. The number of carbonyl (C=O) groups is 1. The topological polar surface area (TPSA) is 60.2 Å². The average Bonchev–Trinajstić information content (AvgIpc) is 2.97. The first-order valence-electron chi connectivity index (χ1n) is 8.37. The highest BCUT2D eigenvalue weighted by Crippen LogP contribution is 2.33. The van der Waals surface area contributed by atoms with Crippen molar-refractivity contribution in [2.45, 2.75) is 31.3 Å². The van der Waals surface area contributed by atoms with Crippen LogP contribution in [0.2, 0.25) is 0 Å². The zero-order valence-corrected chi connectivity index (χ0v) is 13.6. The number of nitriles is 1. The summed E-state index contributed by atoms with van der Waals surface area (Å²) in [5.41, 5.74) is 0.623. The maximum atomic E-state index is 13.7. The molecule has 2 unspecified atom stereocenters. The van der Waals surface area contributed by atoms with E-state index in [0.717, 1.165) is 17.2 Å². The minimum absolute atomic E-state index is 0.178. The van der Waals surface area contributed by atoms with Crippen LogP contribution in [-0.4, -0.2) is 34.5 Å². The van der Waals surface area contributed by atoms with Crippen LogP contribution in [0, 0.1) is 11.3 Å². The molecule has 1 aliphatic carbocycles. The number of pyridine rings is 1. The van der Waals surface area contributed by atoms with Crippen LogP contribution >= 0.6 is 0 Å². The monoisotopic (exact) mass is 336 g/mol. The number of benzene rings is 1. The fourth-order valence-corrected chi connectivity index (χ4v) is 3.66. The first kappa shape index (κ1) is 15.6. The average molecular weight is 336 g/mol. The number of amides is 2. The van der Waals surface area contributed by atoms with E-state index in [-0.39, 0.29) is 24.4 Å². The molecule has 0 radical (unpaired) electrons. The van der Waals surface area contributed by atoms with Gasteiger partial charge in [-0.15, -0.1) is 0 Å². The highest BCUT2D eigenvalue weighted by Gasteiger charge is 2.42. The molecule has 25 heavy (non-hydrogen) atoms. The van der Waals surface area contributed by atoms with Crippen molar-refractivity contribution < 1.29 is 9.18 Å². The van der Waals surface area contributed by atoms with Crippen molar-refractivity contribution in [2.24, 2.45) is 0 Å². The molecule has 2 amide bonds. The minimum Gasteiger partial charge on any atom is -0.315 e. The summed E-state index contributed by atoms with van der Waals surface area (Å²) in [6.45, 7) is 0.271. The zero-order chi connectivity index (χ0) is 17.4. The summed E-state index contributed by atoms with van der Waals surface area (Å²) in [6.07, 6.45) is 6.73. The molecule has 0 bridgehead atoms. The molecule has 1 fully saturated rings. The number of hydrogen-bond acceptors (Lipinski definition) is 3. The molecule has 2 aromatic rings. The fourth-order valence-electron chi connectivity index (χ4n) is 3.66. The lowest BCUT2D eigenvalue weighted by Crippen LogP contribution is -2.39. The van der Waals surface area contributed by atoms with Crippen LogP contribution < -0.4 is 4.90 Å². The van der Waals surface area contributed by atoms with Gasteiger partial charge in [0.25, 0.3) is 0 Å². The summed E-state index contributed by atoms with van der Waals surface area (Å²) >= 11 is 0. The molecule has 2 atom stereocenters. The highest BCUT2D eigenvalue weighted by atomic mass is 19.1. The summed E-state index contributed by atoms with van der Waals surface area (Å²) in [5, 5.41) is 11.4. The van der Waals surface area contributed by atoms with Gasteiger partial charge in [0.15, 0.2) is 0 Å². The van der Waals surface area contributed by atoms with E-state index >= 15 is 0 Å². The quantitative estimate of drug-likeness (QED) is 0.838. The third-order valence-electron chi connectivity index (χ3n) is 4.88. The van der Waals surface area contributed by atoms with E-state index in [0.29, 0.717) is 18.5 Å². The molecule has 0 N–H and O–H groups in total. The van der Waals surface area contributed by atoms with Crippen LogP contribution in [0.5, 0.6) is 0 Å². The second-order valence-electron chi connectivity index (χ2n) is 6.40. The molecule has 0 spiro atoms. The van der Waals surface area contributed by atoms with Crippen LogP contribution in [0.1, 0.15) is 19.3 Å². The lowest BCUT2D eigenvalue weighted by molar-refractivity contribution is 0.204. The van der Waals surface area contributed by atoms with E-state index in [1.165, 1.54) is 11.0 Å². The number of urea groups is 1. The van der Waals surface area contributed by atoms with Gasteiger partial charge in [-0.05, 0) is 25.3 Å². The van der Waals surface area contributed by atoms with Gasteiger partial charge in [0.2, 0.25) is 0 Å². The number of allylic oxidation sites excluding steroid dienone is 1. The van der Waals surface area contributed by atoms with Gasteiger partial charge in [-0.3, -0.25) is 9.88 Å². The Morgan fingerprint density at radius 3 is 2.92 bits per heavy atom. The largest absolute Gasteiger partial charge is 0.326 e. The predicted octanol–water partition coefficient (Wildman–Crippen LogP) is 3.77. The number of nitrogens with zero attached hydrogens (tertiary/aromatic N) is 4. The molecule has 1 saturated heterocycles. The van der Waals surface area contributed by atoms with Crippen LogP contribution in [0.25, 0.3) is 10.8 Å².